The lowest BCUT2D eigenvalue weighted by atomic mass is 9.98. The molecule has 0 saturated carbocycles. The first-order chi connectivity index (χ1) is 6.55. The van der Waals surface area contributed by atoms with Gasteiger partial charge in [0, 0.05) is 5.54 Å². The van der Waals surface area contributed by atoms with E-state index in [4.69, 9.17) is 0 Å². The zero-order valence-electron chi connectivity index (χ0n) is 9.10. The van der Waals surface area contributed by atoms with E-state index in [1.165, 1.54) is 6.07 Å². The monoisotopic (exact) mass is 195 g/mol. The third-order valence-corrected chi connectivity index (χ3v) is 2.22. The highest BCUT2D eigenvalue weighted by Gasteiger charge is 2.17. The molecular formula is C12H18FN. The number of anilines is 1. The van der Waals surface area contributed by atoms with E-state index in [1.54, 1.807) is 12.1 Å². The van der Waals surface area contributed by atoms with Crippen molar-refractivity contribution in [1.82, 2.24) is 0 Å². The average molecular weight is 195 g/mol. The Morgan fingerprint density at radius 3 is 2.50 bits per heavy atom. The van der Waals surface area contributed by atoms with E-state index in [1.807, 2.05) is 6.07 Å². The number of rotatable bonds is 4. The van der Waals surface area contributed by atoms with Gasteiger partial charge in [-0.1, -0.05) is 25.5 Å². The van der Waals surface area contributed by atoms with Crippen molar-refractivity contribution in [3.63, 3.8) is 0 Å². The largest absolute Gasteiger partial charge is 0.378 e. The second kappa shape index (κ2) is 4.45. The topological polar surface area (TPSA) is 12.0 Å². The lowest BCUT2D eigenvalue weighted by Gasteiger charge is -2.27. The fourth-order valence-electron chi connectivity index (χ4n) is 1.61. The van der Waals surface area contributed by atoms with Crippen LogP contribution in [0.5, 0.6) is 0 Å². The third kappa shape index (κ3) is 3.02. The summed E-state index contributed by atoms with van der Waals surface area (Å²) in [6, 6.07) is 6.79. The van der Waals surface area contributed by atoms with Gasteiger partial charge >= 0.3 is 0 Å². The molecule has 1 N–H and O–H groups in total. The third-order valence-electron chi connectivity index (χ3n) is 2.22. The number of hydrogen-bond donors (Lipinski definition) is 1. The summed E-state index contributed by atoms with van der Waals surface area (Å²) in [5, 5.41) is 3.21. The quantitative estimate of drug-likeness (QED) is 0.770. The fourth-order valence-corrected chi connectivity index (χ4v) is 1.61. The Bertz CT molecular complexity index is 294. The van der Waals surface area contributed by atoms with E-state index in [0.717, 1.165) is 12.8 Å². The molecule has 0 unspecified atom stereocenters. The second-order valence-electron chi connectivity index (χ2n) is 4.24. The van der Waals surface area contributed by atoms with Crippen LogP contribution in [-0.2, 0) is 0 Å². The van der Waals surface area contributed by atoms with E-state index < -0.39 is 0 Å². The first kappa shape index (κ1) is 11.0. The molecule has 1 aromatic carbocycles. The Morgan fingerprint density at radius 2 is 1.93 bits per heavy atom. The van der Waals surface area contributed by atoms with Crippen LogP contribution in [0, 0.1) is 5.82 Å². The number of para-hydroxylation sites is 1. The van der Waals surface area contributed by atoms with E-state index in [0.29, 0.717) is 5.69 Å². The molecular weight excluding hydrogens is 177 g/mol. The van der Waals surface area contributed by atoms with Crippen LogP contribution >= 0.6 is 0 Å². The van der Waals surface area contributed by atoms with Crippen molar-refractivity contribution >= 4 is 5.69 Å². The molecule has 0 aliphatic carbocycles. The molecule has 0 aliphatic heterocycles. The molecule has 0 radical (unpaired) electrons. The van der Waals surface area contributed by atoms with Gasteiger partial charge in [-0.05, 0) is 32.4 Å². The standard InChI is InChI=1S/C12H18FN/c1-4-9-12(2,3)14-11-8-6-5-7-10(11)13/h5-8,14H,4,9H2,1-3H3. The second-order valence-corrected chi connectivity index (χ2v) is 4.24. The Morgan fingerprint density at radius 1 is 1.29 bits per heavy atom. The Hall–Kier alpha value is -1.05. The zero-order chi connectivity index (χ0) is 10.6. The maximum atomic E-state index is 13.3. The van der Waals surface area contributed by atoms with Crippen LogP contribution in [0.4, 0.5) is 10.1 Å². The van der Waals surface area contributed by atoms with Crippen LogP contribution in [0.2, 0.25) is 0 Å². The summed E-state index contributed by atoms with van der Waals surface area (Å²) in [4.78, 5) is 0. The van der Waals surface area contributed by atoms with Crippen molar-refractivity contribution < 1.29 is 4.39 Å². The van der Waals surface area contributed by atoms with Crippen molar-refractivity contribution in [2.75, 3.05) is 5.32 Å². The number of hydrogen-bond acceptors (Lipinski definition) is 1. The van der Waals surface area contributed by atoms with E-state index in [-0.39, 0.29) is 11.4 Å². The van der Waals surface area contributed by atoms with Crippen molar-refractivity contribution in [2.45, 2.75) is 39.2 Å². The first-order valence-corrected chi connectivity index (χ1v) is 5.08. The van der Waals surface area contributed by atoms with Gasteiger partial charge < -0.3 is 5.32 Å². The zero-order valence-corrected chi connectivity index (χ0v) is 9.10. The van der Waals surface area contributed by atoms with E-state index in [9.17, 15) is 4.39 Å². The number of benzene rings is 1. The summed E-state index contributed by atoms with van der Waals surface area (Å²) in [5.41, 5.74) is 0.544. The molecule has 2 heteroatoms. The predicted molar refractivity (Wildman–Crippen MR) is 59.0 cm³/mol. The molecule has 78 valence electrons. The summed E-state index contributed by atoms with van der Waals surface area (Å²) in [5.74, 6) is -0.184. The van der Waals surface area contributed by atoms with Crippen LogP contribution in [0.3, 0.4) is 0 Å². The molecule has 0 saturated heterocycles. The highest BCUT2D eigenvalue weighted by molar-refractivity contribution is 5.46. The molecule has 1 aromatic rings. The molecule has 0 aromatic heterocycles. The van der Waals surface area contributed by atoms with Gasteiger partial charge in [-0.3, -0.25) is 0 Å². The Balaban J connectivity index is 2.73. The average Bonchev–Trinajstić information content (AvgIpc) is 2.08. The minimum absolute atomic E-state index is 0.0447. The molecule has 0 fully saturated rings. The number of nitrogens with one attached hydrogen (secondary N) is 1. The van der Waals surface area contributed by atoms with E-state index >= 15 is 0 Å². The summed E-state index contributed by atoms with van der Waals surface area (Å²) in [7, 11) is 0. The van der Waals surface area contributed by atoms with Gasteiger partial charge in [0.15, 0.2) is 0 Å². The van der Waals surface area contributed by atoms with Gasteiger partial charge in [0.05, 0.1) is 5.69 Å². The van der Waals surface area contributed by atoms with Crippen LogP contribution in [0.1, 0.15) is 33.6 Å². The number of halogens is 1. The van der Waals surface area contributed by atoms with Crippen molar-refractivity contribution in [3.05, 3.63) is 30.1 Å². The van der Waals surface area contributed by atoms with E-state index in [2.05, 4.69) is 26.1 Å². The molecule has 1 nitrogen and oxygen atoms in total. The van der Waals surface area contributed by atoms with Crippen LogP contribution < -0.4 is 5.32 Å². The molecule has 0 bridgehead atoms. The molecule has 0 aliphatic rings. The summed E-state index contributed by atoms with van der Waals surface area (Å²) in [6.07, 6.45) is 2.12. The lowest BCUT2D eigenvalue weighted by Crippen LogP contribution is -2.30. The SMILES string of the molecule is CCCC(C)(C)Nc1ccccc1F. The first-order valence-electron chi connectivity index (χ1n) is 5.08. The van der Waals surface area contributed by atoms with Gasteiger partial charge in [0.1, 0.15) is 5.82 Å². The smallest absolute Gasteiger partial charge is 0.146 e. The Kier molecular flexibility index (Phi) is 3.50. The molecule has 0 amide bonds. The normalized spacial score (nSPS) is 11.4. The van der Waals surface area contributed by atoms with Crippen molar-refractivity contribution in [3.8, 4) is 0 Å². The minimum atomic E-state index is -0.184. The van der Waals surface area contributed by atoms with Crippen LogP contribution in [-0.4, -0.2) is 5.54 Å². The molecule has 14 heavy (non-hydrogen) atoms. The van der Waals surface area contributed by atoms with Crippen LogP contribution in [0.25, 0.3) is 0 Å². The maximum absolute atomic E-state index is 13.3. The minimum Gasteiger partial charge on any atom is -0.378 e. The Labute approximate surface area is 85.3 Å². The fraction of sp³-hybridized carbons (Fsp3) is 0.500. The van der Waals surface area contributed by atoms with Crippen molar-refractivity contribution in [2.24, 2.45) is 0 Å². The summed E-state index contributed by atoms with van der Waals surface area (Å²) < 4.78 is 13.3. The van der Waals surface area contributed by atoms with Gasteiger partial charge in [-0.2, -0.15) is 0 Å². The highest BCUT2D eigenvalue weighted by atomic mass is 19.1. The van der Waals surface area contributed by atoms with Gasteiger partial charge in [-0.15, -0.1) is 0 Å². The predicted octanol–water partition coefficient (Wildman–Crippen LogP) is 3.82. The highest BCUT2D eigenvalue weighted by Crippen LogP contribution is 2.21. The maximum Gasteiger partial charge on any atom is 0.146 e. The molecule has 0 spiro atoms. The van der Waals surface area contributed by atoms with Crippen molar-refractivity contribution in [1.29, 1.82) is 0 Å². The van der Waals surface area contributed by atoms with Gasteiger partial charge in [-0.25, -0.2) is 4.39 Å². The molecule has 0 atom stereocenters. The summed E-state index contributed by atoms with van der Waals surface area (Å²) in [6.45, 7) is 6.30. The van der Waals surface area contributed by atoms with Crippen LogP contribution in [0.15, 0.2) is 24.3 Å². The molecule has 0 heterocycles. The van der Waals surface area contributed by atoms with Gasteiger partial charge in [0.25, 0.3) is 0 Å². The van der Waals surface area contributed by atoms with Gasteiger partial charge in [0.2, 0.25) is 0 Å². The molecule has 1 rings (SSSR count). The lowest BCUT2D eigenvalue weighted by molar-refractivity contribution is 0.505. The summed E-state index contributed by atoms with van der Waals surface area (Å²) >= 11 is 0.